The Morgan fingerprint density at radius 1 is 1.29 bits per heavy atom. The van der Waals surface area contributed by atoms with Crippen LogP contribution in [0.2, 0.25) is 0 Å². The zero-order valence-electron chi connectivity index (χ0n) is 14.0. The molecule has 0 aromatic heterocycles. The van der Waals surface area contributed by atoms with Gasteiger partial charge in [0.25, 0.3) is 0 Å². The summed E-state index contributed by atoms with van der Waals surface area (Å²) < 4.78 is 4.85. The number of esters is 1. The summed E-state index contributed by atoms with van der Waals surface area (Å²) >= 11 is 0. The van der Waals surface area contributed by atoms with Gasteiger partial charge in [-0.1, -0.05) is 18.2 Å². The van der Waals surface area contributed by atoms with Crippen molar-refractivity contribution in [1.29, 1.82) is 0 Å². The van der Waals surface area contributed by atoms with Gasteiger partial charge in [-0.3, -0.25) is 14.4 Å². The lowest BCUT2D eigenvalue weighted by atomic mass is 9.94. The van der Waals surface area contributed by atoms with E-state index in [2.05, 4.69) is 0 Å². The number of carbonyl (C=O) groups is 3. The Bertz CT molecular complexity index is 609. The highest BCUT2D eigenvalue weighted by molar-refractivity contribution is 6.02. The molecule has 2 rings (SSSR count). The normalized spacial score (nSPS) is 21.8. The number of rotatable bonds is 8. The molecule has 24 heavy (non-hydrogen) atoms. The number of hydrogen-bond donors (Lipinski definition) is 1. The quantitative estimate of drug-likeness (QED) is 0.419. The molecule has 5 nitrogen and oxygen atoms in total. The highest BCUT2D eigenvalue weighted by Gasteiger charge is 2.31. The number of hydrogen-bond acceptors (Lipinski definition) is 5. The van der Waals surface area contributed by atoms with E-state index in [-0.39, 0.29) is 23.3 Å². The summed E-state index contributed by atoms with van der Waals surface area (Å²) in [6.45, 7) is 2.13. The van der Waals surface area contributed by atoms with Gasteiger partial charge in [0.2, 0.25) is 0 Å². The number of allylic oxidation sites excluding steroid dienone is 6. The average molecular weight is 332 g/mol. The van der Waals surface area contributed by atoms with Gasteiger partial charge in [0.05, 0.1) is 12.5 Å². The number of aliphatic hydroxyl groups is 1. The lowest BCUT2D eigenvalue weighted by molar-refractivity contribution is -0.143. The Morgan fingerprint density at radius 2 is 2.04 bits per heavy atom. The fourth-order valence-electron chi connectivity index (χ4n) is 3.10. The molecule has 0 radical (unpaired) electrons. The summed E-state index contributed by atoms with van der Waals surface area (Å²) in [5.41, 5.74) is 0.939. The third kappa shape index (κ3) is 4.43. The maximum Gasteiger partial charge on any atom is 0.305 e. The molecule has 0 aliphatic heterocycles. The molecule has 0 saturated heterocycles. The number of carbonyl (C=O) groups excluding carboxylic acids is 3. The van der Waals surface area contributed by atoms with E-state index in [1.807, 2.05) is 0 Å². The zero-order chi connectivity index (χ0) is 17.5. The van der Waals surface area contributed by atoms with E-state index in [4.69, 9.17) is 4.74 Å². The van der Waals surface area contributed by atoms with Gasteiger partial charge in [-0.25, -0.2) is 0 Å². The Balaban J connectivity index is 1.90. The molecular weight excluding hydrogens is 308 g/mol. The van der Waals surface area contributed by atoms with E-state index >= 15 is 0 Å². The van der Waals surface area contributed by atoms with Gasteiger partial charge >= 0.3 is 5.97 Å². The maximum absolute atomic E-state index is 12.4. The standard InChI is InChI=1S/C19H24O5/c1-2-24-18(22)12-4-3-10-16(20)13-7-5-8-14(13)19(23)15-9-6-11-17(15)21/h5,7-8,15,23H,2-4,6,9-12H2,1H3. The Kier molecular flexibility index (Phi) is 6.53. The fraction of sp³-hybridized carbons (Fsp3) is 0.526. The summed E-state index contributed by atoms with van der Waals surface area (Å²) in [6.07, 6.45) is 8.80. The van der Waals surface area contributed by atoms with Gasteiger partial charge in [-0.2, -0.15) is 0 Å². The molecule has 1 N–H and O–H groups in total. The molecule has 2 aliphatic carbocycles. The summed E-state index contributed by atoms with van der Waals surface area (Å²) in [7, 11) is 0. The summed E-state index contributed by atoms with van der Waals surface area (Å²) in [5.74, 6) is -0.720. The van der Waals surface area contributed by atoms with Crippen molar-refractivity contribution < 1.29 is 24.2 Å². The van der Waals surface area contributed by atoms with Crippen LogP contribution in [0.15, 0.2) is 35.1 Å². The van der Waals surface area contributed by atoms with E-state index in [1.54, 1.807) is 25.2 Å². The first kappa shape index (κ1) is 18.2. The maximum atomic E-state index is 12.4. The minimum Gasteiger partial charge on any atom is -0.511 e. The SMILES string of the molecule is CCOC(=O)CCCCC(=O)C1=CC=CC1=C(O)C1CCCC1=O. The van der Waals surface area contributed by atoms with E-state index in [0.717, 1.165) is 6.42 Å². The van der Waals surface area contributed by atoms with Crippen molar-refractivity contribution in [2.24, 2.45) is 5.92 Å². The second-order valence-corrected chi connectivity index (χ2v) is 6.08. The summed E-state index contributed by atoms with van der Waals surface area (Å²) in [5, 5.41) is 10.4. The van der Waals surface area contributed by atoms with Crippen LogP contribution in [0.3, 0.4) is 0 Å². The van der Waals surface area contributed by atoms with E-state index in [0.29, 0.717) is 56.3 Å². The van der Waals surface area contributed by atoms with Crippen molar-refractivity contribution in [2.45, 2.75) is 51.9 Å². The second kappa shape index (κ2) is 8.62. The minimum atomic E-state index is -0.470. The number of unbranched alkanes of at least 4 members (excludes halogenated alkanes) is 1. The summed E-state index contributed by atoms with van der Waals surface area (Å²) in [6, 6.07) is 0. The van der Waals surface area contributed by atoms with Gasteiger partial charge in [0, 0.05) is 30.4 Å². The van der Waals surface area contributed by atoms with E-state index in [9.17, 15) is 19.5 Å². The van der Waals surface area contributed by atoms with E-state index in [1.165, 1.54) is 0 Å². The van der Waals surface area contributed by atoms with Crippen molar-refractivity contribution in [3.8, 4) is 0 Å². The molecule has 0 amide bonds. The predicted octanol–water partition coefficient (Wildman–Crippen LogP) is 3.36. The Labute approximate surface area is 142 Å². The largest absolute Gasteiger partial charge is 0.511 e. The highest BCUT2D eigenvalue weighted by atomic mass is 16.5. The van der Waals surface area contributed by atoms with Crippen LogP contribution in [-0.2, 0) is 19.1 Å². The van der Waals surface area contributed by atoms with Crippen molar-refractivity contribution >= 4 is 17.5 Å². The monoisotopic (exact) mass is 332 g/mol. The van der Waals surface area contributed by atoms with Crippen LogP contribution in [-0.4, -0.2) is 29.2 Å². The van der Waals surface area contributed by atoms with Gasteiger partial charge < -0.3 is 9.84 Å². The Hall–Kier alpha value is -2.17. The highest BCUT2D eigenvalue weighted by Crippen LogP contribution is 2.33. The number of ether oxygens (including phenoxy) is 1. The molecule has 0 bridgehead atoms. The molecule has 130 valence electrons. The third-order valence-electron chi connectivity index (χ3n) is 4.37. The first-order valence-electron chi connectivity index (χ1n) is 8.58. The van der Waals surface area contributed by atoms with Gasteiger partial charge in [0.15, 0.2) is 5.78 Å². The topological polar surface area (TPSA) is 80.7 Å². The minimum absolute atomic E-state index is 0.0253. The van der Waals surface area contributed by atoms with Crippen LogP contribution >= 0.6 is 0 Å². The lowest BCUT2D eigenvalue weighted by Crippen LogP contribution is -2.13. The van der Waals surface area contributed by atoms with Gasteiger partial charge in [0.1, 0.15) is 11.5 Å². The molecule has 1 fully saturated rings. The molecular formula is C19H24O5. The van der Waals surface area contributed by atoms with Crippen LogP contribution in [0.4, 0.5) is 0 Å². The second-order valence-electron chi connectivity index (χ2n) is 6.08. The van der Waals surface area contributed by atoms with Crippen LogP contribution < -0.4 is 0 Å². The molecule has 1 saturated carbocycles. The van der Waals surface area contributed by atoms with Crippen molar-refractivity contribution in [3.63, 3.8) is 0 Å². The number of ketones is 2. The molecule has 0 aromatic carbocycles. The van der Waals surface area contributed by atoms with Crippen LogP contribution in [0.5, 0.6) is 0 Å². The molecule has 2 aliphatic rings. The van der Waals surface area contributed by atoms with Crippen molar-refractivity contribution in [1.82, 2.24) is 0 Å². The molecule has 5 heteroatoms. The van der Waals surface area contributed by atoms with Crippen molar-refractivity contribution in [2.75, 3.05) is 6.61 Å². The zero-order valence-corrected chi connectivity index (χ0v) is 14.0. The first-order chi connectivity index (χ1) is 11.5. The predicted molar refractivity (Wildman–Crippen MR) is 89.3 cm³/mol. The average Bonchev–Trinajstić information content (AvgIpc) is 3.20. The fourth-order valence-corrected chi connectivity index (χ4v) is 3.10. The third-order valence-corrected chi connectivity index (χ3v) is 4.37. The molecule has 0 heterocycles. The molecule has 1 atom stereocenters. The van der Waals surface area contributed by atoms with Gasteiger partial charge in [-0.15, -0.1) is 0 Å². The number of Topliss-reactive ketones (excluding diaryl/α,β-unsaturated/α-hetero) is 2. The number of aliphatic hydroxyl groups excluding tert-OH is 1. The lowest BCUT2D eigenvalue weighted by Gasteiger charge is -2.12. The van der Waals surface area contributed by atoms with Crippen LogP contribution in [0.25, 0.3) is 0 Å². The van der Waals surface area contributed by atoms with E-state index < -0.39 is 5.92 Å². The first-order valence-corrected chi connectivity index (χ1v) is 8.58. The molecule has 1 unspecified atom stereocenters. The molecule has 0 aromatic rings. The van der Waals surface area contributed by atoms with Gasteiger partial charge in [-0.05, 0) is 32.6 Å². The smallest absolute Gasteiger partial charge is 0.305 e. The van der Waals surface area contributed by atoms with Crippen LogP contribution in [0, 0.1) is 5.92 Å². The summed E-state index contributed by atoms with van der Waals surface area (Å²) in [4.78, 5) is 35.4. The molecule has 0 spiro atoms. The van der Waals surface area contributed by atoms with Crippen LogP contribution in [0.1, 0.15) is 51.9 Å². The van der Waals surface area contributed by atoms with Crippen molar-refractivity contribution in [3.05, 3.63) is 35.1 Å². The Morgan fingerprint density at radius 3 is 2.71 bits per heavy atom.